The Labute approximate surface area is 116 Å². The summed E-state index contributed by atoms with van der Waals surface area (Å²) < 4.78 is 6.15. The quantitative estimate of drug-likeness (QED) is 0.806. The van der Waals surface area contributed by atoms with Gasteiger partial charge >= 0.3 is 5.97 Å². The SMILES string of the molecule is CCCn1ncc(NC(C)C(=O)OCC)c(Cl)c1=O. The first-order valence-corrected chi connectivity index (χ1v) is 6.57. The van der Waals surface area contributed by atoms with Gasteiger partial charge in [0.25, 0.3) is 5.56 Å². The molecule has 0 aliphatic rings. The Hall–Kier alpha value is -1.56. The fraction of sp³-hybridized carbons (Fsp3) is 0.583. The summed E-state index contributed by atoms with van der Waals surface area (Å²) >= 11 is 5.97. The molecule has 0 saturated heterocycles. The summed E-state index contributed by atoms with van der Waals surface area (Å²) in [7, 11) is 0. The van der Waals surface area contributed by atoms with E-state index < -0.39 is 12.0 Å². The van der Waals surface area contributed by atoms with Crippen LogP contribution in [0.4, 0.5) is 5.69 Å². The Morgan fingerprint density at radius 1 is 1.58 bits per heavy atom. The molecule has 1 rings (SSSR count). The summed E-state index contributed by atoms with van der Waals surface area (Å²) in [5.41, 5.74) is -0.0378. The second-order valence-corrected chi connectivity index (χ2v) is 4.40. The zero-order valence-electron chi connectivity index (χ0n) is 11.3. The number of halogens is 1. The van der Waals surface area contributed by atoms with Crippen molar-refractivity contribution < 1.29 is 9.53 Å². The van der Waals surface area contributed by atoms with E-state index in [-0.39, 0.29) is 10.6 Å². The second-order valence-electron chi connectivity index (χ2n) is 4.02. The molecule has 19 heavy (non-hydrogen) atoms. The number of hydrogen-bond donors (Lipinski definition) is 1. The Kier molecular flexibility index (Phi) is 5.82. The van der Waals surface area contributed by atoms with Gasteiger partial charge in [-0.3, -0.25) is 4.79 Å². The number of nitrogens with zero attached hydrogens (tertiary/aromatic N) is 2. The monoisotopic (exact) mass is 287 g/mol. The predicted molar refractivity (Wildman–Crippen MR) is 73.5 cm³/mol. The molecule has 1 atom stereocenters. The number of nitrogens with one attached hydrogen (secondary N) is 1. The van der Waals surface area contributed by atoms with Crippen molar-refractivity contribution in [1.29, 1.82) is 0 Å². The number of rotatable bonds is 6. The van der Waals surface area contributed by atoms with Crippen LogP contribution < -0.4 is 10.9 Å². The molecule has 1 heterocycles. The lowest BCUT2D eigenvalue weighted by Gasteiger charge is -2.15. The third kappa shape index (κ3) is 3.96. The molecule has 1 aromatic rings. The number of ether oxygens (including phenoxy) is 1. The van der Waals surface area contributed by atoms with Gasteiger partial charge in [-0.1, -0.05) is 18.5 Å². The van der Waals surface area contributed by atoms with Gasteiger partial charge in [-0.2, -0.15) is 5.10 Å². The lowest BCUT2D eigenvalue weighted by Crippen LogP contribution is -2.30. The number of carbonyl (C=O) groups is 1. The van der Waals surface area contributed by atoms with E-state index in [0.717, 1.165) is 6.42 Å². The van der Waals surface area contributed by atoms with E-state index in [1.807, 2.05) is 6.92 Å². The number of carbonyl (C=O) groups excluding carboxylic acids is 1. The summed E-state index contributed by atoms with van der Waals surface area (Å²) in [4.78, 5) is 23.4. The van der Waals surface area contributed by atoms with Crippen LogP contribution in [-0.2, 0) is 16.1 Å². The maximum Gasteiger partial charge on any atom is 0.328 e. The predicted octanol–water partition coefficient (Wildman–Crippen LogP) is 1.67. The smallest absolute Gasteiger partial charge is 0.328 e. The van der Waals surface area contributed by atoms with Gasteiger partial charge < -0.3 is 10.1 Å². The number of hydrogen-bond acceptors (Lipinski definition) is 5. The Morgan fingerprint density at radius 2 is 2.26 bits per heavy atom. The molecule has 0 aliphatic carbocycles. The Balaban J connectivity index is 2.88. The molecule has 0 aliphatic heterocycles. The summed E-state index contributed by atoms with van der Waals surface area (Å²) in [6.45, 7) is 6.11. The third-order valence-electron chi connectivity index (χ3n) is 2.43. The number of aromatic nitrogens is 2. The van der Waals surface area contributed by atoms with Crippen LogP contribution in [0.15, 0.2) is 11.0 Å². The molecular formula is C12H18ClN3O3. The highest BCUT2D eigenvalue weighted by Crippen LogP contribution is 2.16. The molecule has 0 bridgehead atoms. The number of esters is 1. The lowest BCUT2D eigenvalue weighted by molar-refractivity contribution is -0.143. The number of aryl methyl sites for hydroxylation is 1. The molecule has 1 N–H and O–H groups in total. The summed E-state index contributed by atoms with van der Waals surface area (Å²) in [5.74, 6) is -0.406. The largest absolute Gasteiger partial charge is 0.464 e. The van der Waals surface area contributed by atoms with E-state index in [2.05, 4.69) is 10.4 Å². The van der Waals surface area contributed by atoms with E-state index in [0.29, 0.717) is 18.8 Å². The van der Waals surface area contributed by atoms with Crippen LogP contribution in [0.3, 0.4) is 0 Å². The first-order valence-electron chi connectivity index (χ1n) is 6.20. The van der Waals surface area contributed by atoms with Gasteiger partial charge in [0.15, 0.2) is 0 Å². The number of anilines is 1. The van der Waals surface area contributed by atoms with E-state index in [9.17, 15) is 9.59 Å². The summed E-state index contributed by atoms with van der Waals surface area (Å²) in [6, 6.07) is -0.597. The van der Waals surface area contributed by atoms with Gasteiger partial charge in [0.1, 0.15) is 11.1 Å². The van der Waals surface area contributed by atoms with Gasteiger partial charge in [0.2, 0.25) is 0 Å². The fourth-order valence-electron chi connectivity index (χ4n) is 1.50. The summed E-state index contributed by atoms with van der Waals surface area (Å²) in [5, 5.41) is 6.84. The average molecular weight is 288 g/mol. The first kappa shape index (κ1) is 15.5. The van der Waals surface area contributed by atoms with Crippen molar-refractivity contribution in [1.82, 2.24) is 9.78 Å². The highest BCUT2D eigenvalue weighted by Gasteiger charge is 2.17. The van der Waals surface area contributed by atoms with Crippen LogP contribution in [0, 0.1) is 0 Å². The molecule has 0 amide bonds. The van der Waals surface area contributed by atoms with Crippen LogP contribution in [0.5, 0.6) is 0 Å². The van der Waals surface area contributed by atoms with Gasteiger partial charge in [-0.05, 0) is 20.3 Å². The van der Waals surface area contributed by atoms with Crippen LogP contribution in [0.2, 0.25) is 5.02 Å². The molecule has 0 spiro atoms. The molecule has 6 nitrogen and oxygen atoms in total. The zero-order valence-corrected chi connectivity index (χ0v) is 12.0. The minimum Gasteiger partial charge on any atom is -0.464 e. The van der Waals surface area contributed by atoms with Crippen LogP contribution in [0.25, 0.3) is 0 Å². The first-order chi connectivity index (χ1) is 9.01. The molecule has 1 aromatic heterocycles. The van der Waals surface area contributed by atoms with Gasteiger partial charge in [0, 0.05) is 6.54 Å². The summed E-state index contributed by atoms with van der Waals surface area (Å²) in [6.07, 6.45) is 2.23. The van der Waals surface area contributed by atoms with E-state index in [1.54, 1.807) is 13.8 Å². The van der Waals surface area contributed by atoms with E-state index >= 15 is 0 Å². The molecule has 0 saturated carbocycles. The van der Waals surface area contributed by atoms with Crippen LogP contribution >= 0.6 is 11.6 Å². The molecule has 1 unspecified atom stereocenters. The average Bonchev–Trinajstić information content (AvgIpc) is 2.38. The molecule has 0 fully saturated rings. The van der Waals surface area contributed by atoms with Crippen molar-refractivity contribution in [2.45, 2.75) is 39.8 Å². The van der Waals surface area contributed by atoms with Crippen LogP contribution in [0.1, 0.15) is 27.2 Å². The van der Waals surface area contributed by atoms with Gasteiger partial charge in [0.05, 0.1) is 18.5 Å². The molecule has 7 heteroatoms. The minimum atomic E-state index is -0.597. The molecular weight excluding hydrogens is 270 g/mol. The topological polar surface area (TPSA) is 73.2 Å². The van der Waals surface area contributed by atoms with Crippen molar-refractivity contribution in [3.05, 3.63) is 21.6 Å². The zero-order chi connectivity index (χ0) is 14.4. The van der Waals surface area contributed by atoms with Crippen LogP contribution in [-0.4, -0.2) is 28.4 Å². The van der Waals surface area contributed by atoms with E-state index in [1.165, 1.54) is 10.9 Å². The Bertz CT molecular complexity index is 501. The Morgan fingerprint density at radius 3 is 2.84 bits per heavy atom. The van der Waals surface area contributed by atoms with Crippen molar-refractivity contribution >= 4 is 23.3 Å². The fourth-order valence-corrected chi connectivity index (χ4v) is 1.70. The molecule has 0 radical (unpaired) electrons. The standard InChI is InChI=1S/C12H18ClN3O3/c1-4-6-16-11(17)10(13)9(7-14-16)15-8(3)12(18)19-5-2/h7-8,15H,4-6H2,1-3H3. The molecule has 106 valence electrons. The second kappa shape index (κ2) is 7.13. The molecule has 0 aromatic carbocycles. The lowest BCUT2D eigenvalue weighted by atomic mass is 10.3. The third-order valence-corrected chi connectivity index (χ3v) is 2.80. The van der Waals surface area contributed by atoms with Gasteiger partial charge in [-0.15, -0.1) is 0 Å². The van der Waals surface area contributed by atoms with Crippen molar-refractivity contribution in [2.75, 3.05) is 11.9 Å². The highest BCUT2D eigenvalue weighted by atomic mass is 35.5. The van der Waals surface area contributed by atoms with Crippen molar-refractivity contribution in [3.8, 4) is 0 Å². The highest BCUT2D eigenvalue weighted by molar-refractivity contribution is 6.33. The van der Waals surface area contributed by atoms with E-state index in [4.69, 9.17) is 16.3 Å². The van der Waals surface area contributed by atoms with Crippen molar-refractivity contribution in [3.63, 3.8) is 0 Å². The maximum absolute atomic E-state index is 11.9. The van der Waals surface area contributed by atoms with Crippen molar-refractivity contribution in [2.24, 2.45) is 0 Å². The normalized spacial score (nSPS) is 12.0. The van der Waals surface area contributed by atoms with Gasteiger partial charge in [-0.25, -0.2) is 9.48 Å². The minimum absolute atomic E-state index is 0.0274. The maximum atomic E-state index is 11.9.